The van der Waals surface area contributed by atoms with Gasteiger partial charge in [0.05, 0.1) is 17.0 Å². The van der Waals surface area contributed by atoms with E-state index >= 15 is 0 Å². The molecule has 0 aliphatic heterocycles. The highest BCUT2D eigenvalue weighted by atomic mass is 19.1. The molecule has 0 aliphatic carbocycles. The lowest BCUT2D eigenvalue weighted by atomic mass is 9.83. The monoisotopic (exact) mass is 220 g/mol. The number of halogens is 1. The third-order valence-corrected chi connectivity index (χ3v) is 2.54. The third kappa shape index (κ3) is 2.19. The number of carbonyl (C=O) groups is 1. The van der Waals surface area contributed by atoms with E-state index in [1.54, 1.807) is 13.8 Å². The molecule has 0 atom stereocenters. The SMILES string of the molecule is CNC(=O)C(C)(C)c1cc(F)cc(C#N)c1. The number of rotatable bonds is 2. The van der Waals surface area contributed by atoms with Gasteiger partial charge in [-0.1, -0.05) is 0 Å². The van der Waals surface area contributed by atoms with Gasteiger partial charge in [-0.3, -0.25) is 4.79 Å². The summed E-state index contributed by atoms with van der Waals surface area (Å²) in [6, 6.07) is 5.81. The minimum Gasteiger partial charge on any atom is -0.358 e. The van der Waals surface area contributed by atoms with Gasteiger partial charge in [-0.2, -0.15) is 5.26 Å². The van der Waals surface area contributed by atoms with Crippen molar-refractivity contribution >= 4 is 5.91 Å². The fraction of sp³-hybridized carbons (Fsp3) is 0.333. The second kappa shape index (κ2) is 4.31. The number of hydrogen-bond donors (Lipinski definition) is 1. The lowest BCUT2D eigenvalue weighted by molar-refractivity contribution is -0.125. The van der Waals surface area contributed by atoms with E-state index in [4.69, 9.17) is 5.26 Å². The van der Waals surface area contributed by atoms with Gasteiger partial charge in [-0.25, -0.2) is 4.39 Å². The summed E-state index contributed by atoms with van der Waals surface area (Å²) >= 11 is 0. The molecule has 3 nitrogen and oxygen atoms in total. The number of benzene rings is 1. The number of nitrogens with zero attached hydrogens (tertiary/aromatic N) is 1. The maximum Gasteiger partial charge on any atom is 0.229 e. The molecule has 1 aromatic rings. The molecular weight excluding hydrogens is 207 g/mol. The summed E-state index contributed by atoms with van der Waals surface area (Å²) in [7, 11) is 1.52. The first-order chi connectivity index (χ1) is 7.41. The highest BCUT2D eigenvalue weighted by Gasteiger charge is 2.29. The fourth-order valence-corrected chi connectivity index (χ4v) is 1.46. The van der Waals surface area contributed by atoms with Gasteiger partial charge in [-0.05, 0) is 37.6 Å². The van der Waals surface area contributed by atoms with E-state index in [1.807, 2.05) is 6.07 Å². The Hall–Kier alpha value is -1.89. The normalized spacial score (nSPS) is 10.7. The van der Waals surface area contributed by atoms with Crippen molar-refractivity contribution in [1.82, 2.24) is 5.32 Å². The van der Waals surface area contributed by atoms with Gasteiger partial charge in [0.25, 0.3) is 0 Å². The molecule has 0 radical (unpaired) electrons. The zero-order valence-corrected chi connectivity index (χ0v) is 9.47. The van der Waals surface area contributed by atoms with Gasteiger partial charge in [0.2, 0.25) is 5.91 Å². The molecule has 0 saturated heterocycles. The van der Waals surface area contributed by atoms with E-state index in [0.717, 1.165) is 6.07 Å². The smallest absolute Gasteiger partial charge is 0.229 e. The quantitative estimate of drug-likeness (QED) is 0.825. The number of carbonyl (C=O) groups excluding carboxylic acids is 1. The molecule has 0 spiro atoms. The summed E-state index contributed by atoms with van der Waals surface area (Å²) < 4.78 is 13.2. The van der Waals surface area contributed by atoms with E-state index in [1.165, 1.54) is 19.2 Å². The first-order valence-corrected chi connectivity index (χ1v) is 4.85. The van der Waals surface area contributed by atoms with E-state index in [9.17, 15) is 9.18 Å². The zero-order chi connectivity index (χ0) is 12.3. The highest BCUT2D eigenvalue weighted by molar-refractivity contribution is 5.87. The number of nitriles is 1. The van der Waals surface area contributed by atoms with Gasteiger partial charge < -0.3 is 5.32 Å². The molecule has 0 heterocycles. The molecule has 1 aromatic carbocycles. The number of nitrogens with one attached hydrogen (secondary N) is 1. The predicted octanol–water partition coefficient (Wildman–Crippen LogP) is 1.72. The summed E-state index contributed by atoms with van der Waals surface area (Å²) in [5.41, 5.74) is -0.155. The average molecular weight is 220 g/mol. The number of hydrogen-bond acceptors (Lipinski definition) is 2. The van der Waals surface area contributed by atoms with Crippen molar-refractivity contribution in [3.05, 3.63) is 35.1 Å². The topological polar surface area (TPSA) is 52.9 Å². The number of likely N-dealkylation sites (N-methyl/N-ethyl adjacent to an activating group) is 1. The Kier molecular flexibility index (Phi) is 3.28. The molecule has 0 unspecified atom stereocenters. The lowest BCUT2D eigenvalue weighted by Crippen LogP contribution is -2.38. The molecule has 0 fully saturated rings. The molecule has 16 heavy (non-hydrogen) atoms. The van der Waals surface area contributed by atoms with Crippen LogP contribution in [-0.4, -0.2) is 13.0 Å². The van der Waals surface area contributed by atoms with Crippen LogP contribution in [0.3, 0.4) is 0 Å². The zero-order valence-electron chi connectivity index (χ0n) is 9.47. The molecule has 1 N–H and O–H groups in total. The molecule has 84 valence electrons. The van der Waals surface area contributed by atoms with Crippen LogP contribution in [0.1, 0.15) is 25.0 Å². The van der Waals surface area contributed by atoms with Crippen LogP contribution in [0, 0.1) is 17.1 Å². The highest BCUT2D eigenvalue weighted by Crippen LogP contribution is 2.25. The summed E-state index contributed by atoms with van der Waals surface area (Å²) in [5, 5.41) is 11.2. The van der Waals surface area contributed by atoms with Crippen LogP contribution in [0.25, 0.3) is 0 Å². The van der Waals surface area contributed by atoms with Crippen molar-refractivity contribution in [3.8, 4) is 6.07 Å². The summed E-state index contributed by atoms with van der Waals surface area (Å²) in [6.07, 6.45) is 0. The minimum absolute atomic E-state index is 0.215. The minimum atomic E-state index is -0.859. The molecule has 0 aliphatic rings. The van der Waals surface area contributed by atoms with Crippen molar-refractivity contribution < 1.29 is 9.18 Å². The van der Waals surface area contributed by atoms with Crippen LogP contribution in [-0.2, 0) is 10.2 Å². The second-order valence-electron chi connectivity index (χ2n) is 4.04. The van der Waals surface area contributed by atoms with Crippen LogP contribution in [0.5, 0.6) is 0 Å². The van der Waals surface area contributed by atoms with E-state index in [2.05, 4.69) is 5.32 Å². The van der Waals surface area contributed by atoms with Crippen molar-refractivity contribution in [3.63, 3.8) is 0 Å². The van der Waals surface area contributed by atoms with E-state index in [0.29, 0.717) is 5.56 Å². The average Bonchev–Trinajstić information content (AvgIpc) is 2.26. The van der Waals surface area contributed by atoms with Gasteiger partial charge in [0.1, 0.15) is 5.82 Å². The van der Waals surface area contributed by atoms with E-state index < -0.39 is 11.2 Å². The summed E-state index contributed by atoms with van der Waals surface area (Å²) in [6.45, 7) is 3.36. The Bertz CT molecular complexity index is 461. The van der Waals surface area contributed by atoms with Crippen LogP contribution in [0.2, 0.25) is 0 Å². The maximum absolute atomic E-state index is 13.2. The second-order valence-corrected chi connectivity index (χ2v) is 4.04. The maximum atomic E-state index is 13.2. The third-order valence-electron chi connectivity index (χ3n) is 2.54. The van der Waals surface area contributed by atoms with Crippen molar-refractivity contribution in [2.24, 2.45) is 0 Å². The van der Waals surface area contributed by atoms with Crippen LogP contribution < -0.4 is 5.32 Å². The predicted molar refractivity (Wildman–Crippen MR) is 58.2 cm³/mol. The molecule has 1 amide bonds. The number of amides is 1. The van der Waals surface area contributed by atoms with Crippen LogP contribution in [0.15, 0.2) is 18.2 Å². The molecule has 0 aromatic heterocycles. The van der Waals surface area contributed by atoms with Crippen molar-refractivity contribution in [1.29, 1.82) is 5.26 Å². The Morgan fingerprint density at radius 2 is 2.06 bits per heavy atom. The fourth-order valence-electron chi connectivity index (χ4n) is 1.46. The molecule has 1 rings (SSSR count). The van der Waals surface area contributed by atoms with Crippen LogP contribution >= 0.6 is 0 Å². The van der Waals surface area contributed by atoms with Crippen LogP contribution in [0.4, 0.5) is 4.39 Å². The largest absolute Gasteiger partial charge is 0.358 e. The molecule has 0 bridgehead atoms. The Balaban J connectivity index is 3.28. The Labute approximate surface area is 93.9 Å². The van der Waals surface area contributed by atoms with E-state index in [-0.39, 0.29) is 11.5 Å². The lowest BCUT2D eigenvalue weighted by Gasteiger charge is -2.23. The van der Waals surface area contributed by atoms with Gasteiger partial charge in [-0.15, -0.1) is 0 Å². The van der Waals surface area contributed by atoms with Gasteiger partial charge in [0, 0.05) is 7.05 Å². The molecule has 4 heteroatoms. The van der Waals surface area contributed by atoms with Crippen molar-refractivity contribution in [2.45, 2.75) is 19.3 Å². The standard InChI is InChI=1S/C12H13FN2O/c1-12(2,11(16)15-3)9-4-8(7-14)5-10(13)6-9/h4-6H,1-3H3,(H,15,16). The summed E-state index contributed by atoms with van der Waals surface area (Å²) in [5.74, 6) is -0.729. The Morgan fingerprint density at radius 3 is 2.56 bits per heavy atom. The Morgan fingerprint density at radius 1 is 1.44 bits per heavy atom. The van der Waals surface area contributed by atoms with Gasteiger partial charge >= 0.3 is 0 Å². The first kappa shape index (κ1) is 12.2. The molecular formula is C12H13FN2O. The first-order valence-electron chi connectivity index (χ1n) is 4.85. The summed E-state index contributed by atoms with van der Waals surface area (Å²) in [4.78, 5) is 11.6. The molecule has 0 saturated carbocycles. The van der Waals surface area contributed by atoms with Crippen molar-refractivity contribution in [2.75, 3.05) is 7.05 Å². The van der Waals surface area contributed by atoms with Gasteiger partial charge in [0.15, 0.2) is 0 Å².